The van der Waals surface area contributed by atoms with Crippen molar-refractivity contribution in [2.75, 3.05) is 26.3 Å². The van der Waals surface area contributed by atoms with Crippen molar-refractivity contribution in [1.29, 1.82) is 0 Å². The van der Waals surface area contributed by atoms with Gasteiger partial charge in [-0.1, -0.05) is 13.8 Å². The molecule has 2 fully saturated rings. The molecule has 0 aromatic heterocycles. The molecule has 1 amide bonds. The summed E-state index contributed by atoms with van der Waals surface area (Å²) in [6.45, 7) is 7.43. The van der Waals surface area contributed by atoms with Gasteiger partial charge >= 0.3 is 0 Å². The molecular formula is C13H24N2O2. The zero-order valence-electron chi connectivity index (χ0n) is 10.9. The SMILES string of the molecule is CC1CCN(C(=O)C2(N)CCOCC2)CC1C. The first kappa shape index (κ1) is 12.8. The molecule has 2 saturated heterocycles. The third kappa shape index (κ3) is 2.63. The number of rotatable bonds is 1. The monoisotopic (exact) mass is 240 g/mol. The summed E-state index contributed by atoms with van der Waals surface area (Å²) >= 11 is 0. The molecule has 0 aliphatic carbocycles. The first-order valence-electron chi connectivity index (χ1n) is 6.69. The summed E-state index contributed by atoms with van der Waals surface area (Å²) in [5.74, 6) is 1.43. The molecule has 2 aliphatic rings. The molecule has 0 aromatic carbocycles. The molecule has 2 heterocycles. The topological polar surface area (TPSA) is 55.6 Å². The highest BCUT2D eigenvalue weighted by Crippen LogP contribution is 2.27. The third-order valence-electron chi connectivity index (χ3n) is 4.43. The Balaban J connectivity index is 1.99. The third-order valence-corrected chi connectivity index (χ3v) is 4.43. The number of hydrogen-bond acceptors (Lipinski definition) is 3. The highest BCUT2D eigenvalue weighted by molar-refractivity contribution is 5.86. The van der Waals surface area contributed by atoms with Crippen molar-refractivity contribution in [1.82, 2.24) is 4.90 Å². The van der Waals surface area contributed by atoms with E-state index < -0.39 is 5.54 Å². The fourth-order valence-electron chi connectivity index (χ4n) is 2.71. The molecule has 2 atom stereocenters. The molecule has 4 heteroatoms. The van der Waals surface area contributed by atoms with Gasteiger partial charge in [0.1, 0.15) is 0 Å². The highest BCUT2D eigenvalue weighted by Gasteiger charge is 2.40. The van der Waals surface area contributed by atoms with Crippen LogP contribution in [0.5, 0.6) is 0 Å². The molecule has 98 valence electrons. The molecule has 0 radical (unpaired) electrons. The minimum Gasteiger partial charge on any atom is -0.381 e. The van der Waals surface area contributed by atoms with Crippen molar-refractivity contribution in [2.45, 2.75) is 38.6 Å². The molecule has 2 aliphatic heterocycles. The van der Waals surface area contributed by atoms with Crippen molar-refractivity contribution >= 4 is 5.91 Å². The lowest BCUT2D eigenvalue weighted by Crippen LogP contribution is -2.59. The molecule has 0 spiro atoms. The molecule has 2 rings (SSSR count). The lowest BCUT2D eigenvalue weighted by atomic mass is 9.85. The quantitative estimate of drug-likeness (QED) is 0.744. The van der Waals surface area contributed by atoms with Gasteiger partial charge in [-0.15, -0.1) is 0 Å². The van der Waals surface area contributed by atoms with E-state index in [0.717, 1.165) is 19.5 Å². The van der Waals surface area contributed by atoms with Crippen LogP contribution in [0.25, 0.3) is 0 Å². The second-order valence-corrected chi connectivity index (χ2v) is 5.76. The van der Waals surface area contributed by atoms with Gasteiger partial charge in [0.15, 0.2) is 0 Å². The van der Waals surface area contributed by atoms with Gasteiger partial charge in [0, 0.05) is 26.3 Å². The summed E-state index contributed by atoms with van der Waals surface area (Å²) in [7, 11) is 0. The van der Waals surface area contributed by atoms with Crippen molar-refractivity contribution in [3.8, 4) is 0 Å². The van der Waals surface area contributed by atoms with Crippen LogP contribution in [-0.4, -0.2) is 42.6 Å². The number of carbonyl (C=O) groups excluding carboxylic acids is 1. The van der Waals surface area contributed by atoms with Gasteiger partial charge in [0.05, 0.1) is 5.54 Å². The minimum absolute atomic E-state index is 0.138. The smallest absolute Gasteiger partial charge is 0.242 e. The lowest BCUT2D eigenvalue weighted by Gasteiger charge is -2.41. The van der Waals surface area contributed by atoms with E-state index in [9.17, 15) is 4.79 Å². The Morgan fingerprint density at radius 2 is 1.94 bits per heavy atom. The molecule has 0 aromatic rings. The Labute approximate surface area is 103 Å². The molecule has 4 nitrogen and oxygen atoms in total. The molecule has 0 bridgehead atoms. The van der Waals surface area contributed by atoms with Crippen LogP contribution in [-0.2, 0) is 9.53 Å². The van der Waals surface area contributed by atoms with E-state index in [1.54, 1.807) is 0 Å². The Bertz CT molecular complexity index is 287. The fourth-order valence-corrected chi connectivity index (χ4v) is 2.71. The van der Waals surface area contributed by atoms with Crippen LogP contribution in [0.15, 0.2) is 0 Å². The molecule has 0 saturated carbocycles. The number of amides is 1. The molecule has 2 unspecified atom stereocenters. The van der Waals surface area contributed by atoms with Crippen molar-refractivity contribution in [3.05, 3.63) is 0 Å². The van der Waals surface area contributed by atoms with E-state index >= 15 is 0 Å². The number of hydrogen-bond donors (Lipinski definition) is 1. The second kappa shape index (κ2) is 4.94. The average Bonchev–Trinajstić information content (AvgIpc) is 2.33. The predicted molar refractivity (Wildman–Crippen MR) is 66.5 cm³/mol. The Morgan fingerprint density at radius 3 is 2.53 bits per heavy atom. The maximum absolute atomic E-state index is 12.5. The summed E-state index contributed by atoms with van der Waals surface area (Å²) in [5.41, 5.74) is 5.57. The standard InChI is InChI=1S/C13H24N2O2/c1-10-3-6-15(9-11(10)2)12(16)13(14)4-7-17-8-5-13/h10-11H,3-9,14H2,1-2H3. The highest BCUT2D eigenvalue weighted by atomic mass is 16.5. The van der Waals surface area contributed by atoms with Crippen LogP contribution in [0.4, 0.5) is 0 Å². The van der Waals surface area contributed by atoms with Gasteiger partial charge < -0.3 is 15.4 Å². The number of carbonyl (C=O) groups is 1. The number of likely N-dealkylation sites (tertiary alicyclic amines) is 1. The summed E-state index contributed by atoms with van der Waals surface area (Å²) < 4.78 is 5.29. The summed E-state index contributed by atoms with van der Waals surface area (Å²) in [5, 5.41) is 0. The summed E-state index contributed by atoms with van der Waals surface area (Å²) in [6.07, 6.45) is 2.41. The van der Waals surface area contributed by atoms with E-state index in [-0.39, 0.29) is 5.91 Å². The van der Waals surface area contributed by atoms with E-state index in [2.05, 4.69) is 13.8 Å². The molecule has 17 heavy (non-hydrogen) atoms. The van der Waals surface area contributed by atoms with Crippen molar-refractivity contribution in [3.63, 3.8) is 0 Å². The van der Waals surface area contributed by atoms with Crippen LogP contribution in [0.1, 0.15) is 33.1 Å². The predicted octanol–water partition coefficient (Wildman–Crippen LogP) is 0.999. The Morgan fingerprint density at radius 1 is 1.29 bits per heavy atom. The number of nitrogens with zero attached hydrogens (tertiary/aromatic N) is 1. The number of piperidine rings is 1. The van der Waals surface area contributed by atoms with Gasteiger partial charge in [-0.3, -0.25) is 4.79 Å². The maximum atomic E-state index is 12.5. The van der Waals surface area contributed by atoms with E-state index in [1.807, 2.05) is 4.90 Å². The maximum Gasteiger partial charge on any atom is 0.242 e. The fraction of sp³-hybridized carbons (Fsp3) is 0.923. The first-order chi connectivity index (χ1) is 8.03. The van der Waals surface area contributed by atoms with Gasteiger partial charge in [0.2, 0.25) is 5.91 Å². The largest absolute Gasteiger partial charge is 0.381 e. The van der Waals surface area contributed by atoms with E-state index in [1.165, 1.54) is 0 Å². The van der Waals surface area contributed by atoms with E-state index in [0.29, 0.717) is 37.9 Å². The summed E-state index contributed by atoms with van der Waals surface area (Å²) in [6, 6.07) is 0. The zero-order chi connectivity index (χ0) is 12.5. The van der Waals surface area contributed by atoms with Crippen molar-refractivity contribution in [2.24, 2.45) is 17.6 Å². The van der Waals surface area contributed by atoms with Crippen LogP contribution in [0.3, 0.4) is 0 Å². The van der Waals surface area contributed by atoms with Crippen molar-refractivity contribution < 1.29 is 9.53 Å². The van der Waals surface area contributed by atoms with Gasteiger partial charge in [-0.25, -0.2) is 0 Å². The summed E-state index contributed by atoms with van der Waals surface area (Å²) in [4.78, 5) is 14.4. The number of nitrogens with two attached hydrogens (primary N) is 1. The Hall–Kier alpha value is -0.610. The Kier molecular flexibility index (Phi) is 3.73. The zero-order valence-corrected chi connectivity index (χ0v) is 10.9. The minimum atomic E-state index is -0.668. The normalized spacial score (nSPS) is 33.5. The second-order valence-electron chi connectivity index (χ2n) is 5.76. The molecular weight excluding hydrogens is 216 g/mol. The van der Waals surface area contributed by atoms with Crippen LogP contribution < -0.4 is 5.73 Å². The first-order valence-corrected chi connectivity index (χ1v) is 6.69. The average molecular weight is 240 g/mol. The van der Waals surface area contributed by atoms with Crippen LogP contribution in [0, 0.1) is 11.8 Å². The van der Waals surface area contributed by atoms with Gasteiger partial charge in [-0.2, -0.15) is 0 Å². The van der Waals surface area contributed by atoms with Gasteiger partial charge in [-0.05, 0) is 31.1 Å². The van der Waals surface area contributed by atoms with Crippen LogP contribution in [0.2, 0.25) is 0 Å². The van der Waals surface area contributed by atoms with Crippen LogP contribution >= 0.6 is 0 Å². The van der Waals surface area contributed by atoms with Gasteiger partial charge in [0.25, 0.3) is 0 Å². The molecule has 2 N–H and O–H groups in total. The van der Waals surface area contributed by atoms with E-state index in [4.69, 9.17) is 10.5 Å². The number of ether oxygens (including phenoxy) is 1. The lowest BCUT2D eigenvalue weighted by molar-refractivity contribution is -0.143.